The highest BCUT2D eigenvalue weighted by atomic mass is 16.5. The van der Waals surface area contributed by atoms with Gasteiger partial charge in [0, 0.05) is 5.56 Å². The van der Waals surface area contributed by atoms with Crippen LogP contribution >= 0.6 is 0 Å². The molecular formula is C23H23NO3. The SMILES string of the molecule is CCCc1nc(-c2cc(C)ccc2OCc2ccccc2)ccc1C(=O)O. The summed E-state index contributed by atoms with van der Waals surface area (Å²) >= 11 is 0. The van der Waals surface area contributed by atoms with E-state index in [9.17, 15) is 9.90 Å². The fourth-order valence-electron chi connectivity index (χ4n) is 2.98. The zero-order valence-electron chi connectivity index (χ0n) is 15.6. The van der Waals surface area contributed by atoms with E-state index in [0.717, 1.165) is 34.6 Å². The predicted octanol–water partition coefficient (Wildman–Crippen LogP) is 5.29. The summed E-state index contributed by atoms with van der Waals surface area (Å²) in [5.41, 5.74) is 4.66. The van der Waals surface area contributed by atoms with Gasteiger partial charge >= 0.3 is 5.97 Å². The number of rotatable bonds is 7. The molecule has 138 valence electrons. The second-order valence-corrected chi connectivity index (χ2v) is 6.52. The van der Waals surface area contributed by atoms with Crippen molar-refractivity contribution < 1.29 is 14.6 Å². The largest absolute Gasteiger partial charge is 0.488 e. The lowest BCUT2D eigenvalue weighted by molar-refractivity contribution is 0.0695. The van der Waals surface area contributed by atoms with E-state index in [1.807, 2.05) is 62.4 Å². The van der Waals surface area contributed by atoms with Gasteiger partial charge in [-0.25, -0.2) is 4.79 Å². The molecule has 3 rings (SSSR count). The van der Waals surface area contributed by atoms with Gasteiger partial charge in [-0.15, -0.1) is 0 Å². The highest BCUT2D eigenvalue weighted by Crippen LogP contribution is 2.31. The lowest BCUT2D eigenvalue weighted by Crippen LogP contribution is -2.06. The Morgan fingerprint density at radius 1 is 1.07 bits per heavy atom. The first kappa shape index (κ1) is 18.6. The van der Waals surface area contributed by atoms with Crippen LogP contribution in [0.2, 0.25) is 0 Å². The van der Waals surface area contributed by atoms with E-state index in [1.54, 1.807) is 12.1 Å². The number of carboxylic acid groups (broad SMARTS) is 1. The predicted molar refractivity (Wildman–Crippen MR) is 106 cm³/mol. The Morgan fingerprint density at radius 2 is 1.85 bits per heavy atom. The minimum absolute atomic E-state index is 0.264. The van der Waals surface area contributed by atoms with Crippen LogP contribution in [0.15, 0.2) is 60.7 Å². The summed E-state index contributed by atoms with van der Waals surface area (Å²) in [6, 6.07) is 19.4. The van der Waals surface area contributed by atoms with Gasteiger partial charge in [-0.3, -0.25) is 4.98 Å². The number of pyridine rings is 1. The van der Waals surface area contributed by atoms with Crippen molar-refractivity contribution in [3.63, 3.8) is 0 Å². The molecule has 3 aromatic rings. The molecule has 4 heteroatoms. The summed E-state index contributed by atoms with van der Waals surface area (Å²) < 4.78 is 6.05. The van der Waals surface area contributed by atoms with Crippen LogP contribution in [-0.4, -0.2) is 16.1 Å². The van der Waals surface area contributed by atoms with Crippen molar-refractivity contribution in [2.24, 2.45) is 0 Å². The highest BCUT2D eigenvalue weighted by molar-refractivity contribution is 5.89. The van der Waals surface area contributed by atoms with Crippen LogP contribution in [0.1, 0.15) is 40.5 Å². The maximum Gasteiger partial charge on any atom is 0.337 e. The fraction of sp³-hybridized carbons (Fsp3) is 0.217. The van der Waals surface area contributed by atoms with Gasteiger partial charge in [-0.1, -0.05) is 55.3 Å². The fourth-order valence-corrected chi connectivity index (χ4v) is 2.98. The molecule has 0 aliphatic heterocycles. The van der Waals surface area contributed by atoms with Crippen LogP contribution in [0, 0.1) is 6.92 Å². The van der Waals surface area contributed by atoms with Gasteiger partial charge in [-0.2, -0.15) is 0 Å². The third-order valence-electron chi connectivity index (χ3n) is 4.34. The molecule has 0 bridgehead atoms. The molecule has 0 atom stereocenters. The number of aromatic nitrogens is 1. The van der Waals surface area contributed by atoms with Crippen molar-refractivity contribution >= 4 is 5.97 Å². The standard InChI is InChI=1S/C23H23NO3/c1-3-7-20-18(23(25)26)11-12-21(24-20)19-14-16(2)10-13-22(19)27-15-17-8-5-4-6-9-17/h4-6,8-14H,3,7,15H2,1-2H3,(H,25,26). The first-order valence-electron chi connectivity index (χ1n) is 9.09. The highest BCUT2D eigenvalue weighted by Gasteiger charge is 2.15. The number of carboxylic acids is 1. The Kier molecular flexibility index (Phi) is 5.87. The topological polar surface area (TPSA) is 59.4 Å². The number of hydrogen-bond donors (Lipinski definition) is 1. The number of benzene rings is 2. The van der Waals surface area contributed by atoms with E-state index < -0.39 is 5.97 Å². The molecule has 2 aromatic carbocycles. The molecule has 0 aliphatic carbocycles. The second kappa shape index (κ2) is 8.49. The van der Waals surface area contributed by atoms with Crippen LogP contribution in [0.25, 0.3) is 11.3 Å². The Balaban J connectivity index is 1.97. The normalized spacial score (nSPS) is 10.6. The number of carbonyl (C=O) groups is 1. The van der Waals surface area contributed by atoms with Crippen LogP contribution < -0.4 is 4.74 Å². The zero-order valence-corrected chi connectivity index (χ0v) is 15.6. The lowest BCUT2D eigenvalue weighted by Gasteiger charge is -2.14. The van der Waals surface area contributed by atoms with Crippen LogP contribution in [0.4, 0.5) is 0 Å². The second-order valence-electron chi connectivity index (χ2n) is 6.52. The summed E-state index contributed by atoms with van der Waals surface area (Å²) in [5.74, 6) is -0.204. The molecule has 4 nitrogen and oxygen atoms in total. The van der Waals surface area contributed by atoms with Gasteiger partial charge in [0.25, 0.3) is 0 Å². The first-order valence-corrected chi connectivity index (χ1v) is 9.09. The molecule has 1 N–H and O–H groups in total. The van der Waals surface area contributed by atoms with E-state index in [-0.39, 0.29) is 5.56 Å². The number of aromatic carboxylic acids is 1. The van der Waals surface area contributed by atoms with Crippen LogP contribution in [0.3, 0.4) is 0 Å². The third-order valence-corrected chi connectivity index (χ3v) is 4.34. The summed E-state index contributed by atoms with van der Waals surface area (Å²) in [6.45, 7) is 4.50. The Bertz CT molecular complexity index is 936. The van der Waals surface area contributed by atoms with E-state index in [0.29, 0.717) is 18.7 Å². The van der Waals surface area contributed by atoms with Gasteiger partial charge in [0.05, 0.1) is 17.0 Å². The smallest absolute Gasteiger partial charge is 0.337 e. The molecule has 1 aromatic heterocycles. The quantitative estimate of drug-likeness (QED) is 0.621. The average Bonchev–Trinajstić information content (AvgIpc) is 2.68. The molecule has 0 saturated heterocycles. The van der Waals surface area contributed by atoms with Crippen molar-refractivity contribution in [3.8, 4) is 17.0 Å². The van der Waals surface area contributed by atoms with Crippen molar-refractivity contribution in [2.75, 3.05) is 0 Å². The number of aryl methyl sites for hydroxylation is 2. The number of hydrogen-bond acceptors (Lipinski definition) is 3. The Labute approximate surface area is 159 Å². The van der Waals surface area contributed by atoms with Crippen LogP contribution in [-0.2, 0) is 13.0 Å². The summed E-state index contributed by atoms with van der Waals surface area (Å²) in [6.07, 6.45) is 1.46. The maximum atomic E-state index is 11.5. The van der Waals surface area contributed by atoms with Gasteiger partial charge in [0.15, 0.2) is 0 Å². The number of nitrogens with zero attached hydrogens (tertiary/aromatic N) is 1. The van der Waals surface area contributed by atoms with Gasteiger partial charge in [-0.05, 0) is 43.2 Å². The van der Waals surface area contributed by atoms with Crippen molar-refractivity contribution in [1.29, 1.82) is 0 Å². The first-order chi connectivity index (χ1) is 13.1. The molecule has 27 heavy (non-hydrogen) atoms. The minimum Gasteiger partial charge on any atom is -0.488 e. The molecule has 0 unspecified atom stereocenters. The molecule has 0 fully saturated rings. The third kappa shape index (κ3) is 4.53. The molecule has 0 saturated carbocycles. The van der Waals surface area contributed by atoms with E-state index in [1.165, 1.54) is 0 Å². The maximum absolute atomic E-state index is 11.5. The molecule has 0 amide bonds. The summed E-state index contributed by atoms with van der Waals surface area (Å²) in [7, 11) is 0. The molecule has 1 heterocycles. The van der Waals surface area contributed by atoms with Gasteiger partial charge in [0.1, 0.15) is 12.4 Å². The van der Waals surface area contributed by atoms with E-state index in [2.05, 4.69) is 4.98 Å². The van der Waals surface area contributed by atoms with Crippen molar-refractivity contribution in [1.82, 2.24) is 4.98 Å². The Hall–Kier alpha value is -3.14. The lowest BCUT2D eigenvalue weighted by atomic mass is 10.0. The Morgan fingerprint density at radius 3 is 2.56 bits per heavy atom. The summed E-state index contributed by atoms with van der Waals surface area (Å²) in [5, 5.41) is 9.40. The van der Waals surface area contributed by atoms with Gasteiger partial charge in [0.2, 0.25) is 0 Å². The monoisotopic (exact) mass is 361 g/mol. The summed E-state index contributed by atoms with van der Waals surface area (Å²) in [4.78, 5) is 16.1. The van der Waals surface area contributed by atoms with E-state index >= 15 is 0 Å². The molecule has 0 radical (unpaired) electrons. The molecule has 0 spiro atoms. The average molecular weight is 361 g/mol. The number of ether oxygens (including phenoxy) is 1. The molecule has 0 aliphatic rings. The van der Waals surface area contributed by atoms with Gasteiger partial charge < -0.3 is 9.84 Å². The van der Waals surface area contributed by atoms with Crippen LogP contribution in [0.5, 0.6) is 5.75 Å². The van der Waals surface area contributed by atoms with Crippen molar-refractivity contribution in [2.45, 2.75) is 33.3 Å². The molecular weight excluding hydrogens is 338 g/mol. The minimum atomic E-state index is -0.942. The zero-order chi connectivity index (χ0) is 19.2. The van der Waals surface area contributed by atoms with E-state index in [4.69, 9.17) is 4.74 Å². The van der Waals surface area contributed by atoms with Crippen molar-refractivity contribution in [3.05, 3.63) is 83.0 Å².